The summed E-state index contributed by atoms with van der Waals surface area (Å²) in [6, 6.07) is 6.52. The van der Waals surface area contributed by atoms with E-state index < -0.39 is 0 Å². The van der Waals surface area contributed by atoms with E-state index in [-0.39, 0.29) is 17.8 Å². The van der Waals surface area contributed by atoms with Crippen molar-refractivity contribution in [2.24, 2.45) is 5.92 Å². The van der Waals surface area contributed by atoms with Crippen LogP contribution < -0.4 is 10.1 Å². The molecule has 0 aliphatic carbocycles. The van der Waals surface area contributed by atoms with Crippen LogP contribution >= 0.6 is 28.3 Å². The highest BCUT2D eigenvalue weighted by atomic mass is 79.9. The molecule has 0 bridgehead atoms. The van der Waals surface area contributed by atoms with Gasteiger partial charge in [0.05, 0.1) is 11.1 Å². The highest BCUT2D eigenvalue weighted by Gasteiger charge is 2.19. The zero-order valence-electron chi connectivity index (χ0n) is 14.0. The van der Waals surface area contributed by atoms with Gasteiger partial charge in [0.15, 0.2) is 0 Å². The summed E-state index contributed by atoms with van der Waals surface area (Å²) in [5.74, 6) is 1.79. The van der Waals surface area contributed by atoms with Crippen molar-refractivity contribution in [2.45, 2.75) is 51.9 Å². The van der Waals surface area contributed by atoms with Crippen LogP contribution in [-0.4, -0.2) is 19.7 Å². The van der Waals surface area contributed by atoms with Gasteiger partial charge in [0.2, 0.25) is 0 Å². The molecule has 1 aromatic carbocycles. The van der Waals surface area contributed by atoms with E-state index in [4.69, 9.17) is 4.74 Å². The Kier molecular flexibility index (Phi) is 8.23. The van der Waals surface area contributed by atoms with Crippen LogP contribution in [0, 0.1) is 5.92 Å². The van der Waals surface area contributed by atoms with Gasteiger partial charge in [0, 0.05) is 0 Å². The van der Waals surface area contributed by atoms with Crippen molar-refractivity contribution >= 4 is 28.3 Å². The number of piperidine rings is 1. The van der Waals surface area contributed by atoms with E-state index in [9.17, 15) is 0 Å². The molecule has 0 saturated carbocycles. The number of halogens is 2. The minimum absolute atomic E-state index is 0. The predicted octanol–water partition coefficient (Wildman–Crippen LogP) is 5.33. The SMILES string of the molecule is CCC(C)(C)c1ccc(OCCC2CCNCC2)c(Br)c1.Cl. The molecule has 1 aliphatic heterocycles. The maximum atomic E-state index is 5.97. The third kappa shape index (κ3) is 5.43. The summed E-state index contributed by atoms with van der Waals surface area (Å²) in [6.45, 7) is 9.94. The quantitative estimate of drug-likeness (QED) is 0.709. The Morgan fingerprint density at radius 1 is 1.27 bits per heavy atom. The van der Waals surface area contributed by atoms with Crippen molar-refractivity contribution < 1.29 is 4.74 Å². The fourth-order valence-electron chi connectivity index (χ4n) is 2.75. The molecular formula is C18H29BrClNO. The first-order valence-electron chi connectivity index (χ1n) is 8.16. The first-order chi connectivity index (χ1) is 10.0. The standard InChI is InChI=1S/C18H28BrNO.ClH/c1-4-18(2,3)15-5-6-17(16(19)13-15)21-12-9-14-7-10-20-11-8-14;/h5-6,13-14,20H,4,7-12H2,1-3H3;1H. The molecule has 0 unspecified atom stereocenters. The molecule has 4 heteroatoms. The van der Waals surface area contributed by atoms with E-state index in [0.717, 1.165) is 48.7 Å². The van der Waals surface area contributed by atoms with Crippen LogP contribution in [0.5, 0.6) is 5.75 Å². The Morgan fingerprint density at radius 2 is 1.95 bits per heavy atom. The normalized spacial score (nSPS) is 16.2. The highest BCUT2D eigenvalue weighted by molar-refractivity contribution is 9.10. The lowest BCUT2D eigenvalue weighted by molar-refractivity contribution is 0.250. The van der Waals surface area contributed by atoms with Crippen molar-refractivity contribution in [1.82, 2.24) is 5.32 Å². The maximum absolute atomic E-state index is 5.97. The van der Waals surface area contributed by atoms with Crippen molar-refractivity contribution in [2.75, 3.05) is 19.7 Å². The topological polar surface area (TPSA) is 21.3 Å². The lowest BCUT2D eigenvalue weighted by atomic mass is 9.82. The Hall–Kier alpha value is -0.250. The molecule has 2 rings (SSSR count). The van der Waals surface area contributed by atoms with Gasteiger partial charge in [-0.3, -0.25) is 0 Å². The molecule has 0 spiro atoms. The van der Waals surface area contributed by atoms with E-state index >= 15 is 0 Å². The van der Waals surface area contributed by atoms with Gasteiger partial charge in [-0.15, -0.1) is 12.4 Å². The number of nitrogens with one attached hydrogen (secondary N) is 1. The highest BCUT2D eigenvalue weighted by Crippen LogP contribution is 2.33. The van der Waals surface area contributed by atoms with Crippen LogP contribution in [-0.2, 0) is 5.41 Å². The fourth-order valence-corrected chi connectivity index (χ4v) is 3.24. The first kappa shape index (κ1) is 19.8. The number of benzene rings is 1. The minimum Gasteiger partial charge on any atom is -0.492 e. The second-order valence-corrected chi connectivity index (χ2v) is 7.57. The maximum Gasteiger partial charge on any atom is 0.133 e. The molecular weight excluding hydrogens is 362 g/mol. The average Bonchev–Trinajstić information content (AvgIpc) is 2.50. The monoisotopic (exact) mass is 389 g/mol. The molecule has 1 saturated heterocycles. The second kappa shape index (κ2) is 9.14. The molecule has 2 nitrogen and oxygen atoms in total. The van der Waals surface area contributed by atoms with E-state index in [0.29, 0.717) is 0 Å². The third-order valence-corrected chi connectivity index (χ3v) is 5.46. The van der Waals surface area contributed by atoms with Gasteiger partial charge in [0.25, 0.3) is 0 Å². The van der Waals surface area contributed by atoms with E-state index in [2.05, 4.69) is 60.2 Å². The van der Waals surface area contributed by atoms with E-state index in [1.165, 1.54) is 18.4 Å². The molecule has 1 fully saturated rings. The summed E-state index contributed by atoms with van der Waals surface area (Å²) in [4.78, 5) is 0. The van der Waals surface area contributed by atoms with Crippen molar-refractivity contribution in [3.05, 3.63) is 28.2 Å². The summed E-state index contributed by atoms with van der Waals surface area (Å²) in [5, 5.41) is 3.41. The summed E-state index contributed by atoms with van der Waals surface area (Å²) >= 11 is 3.66. The van der Waals surface area contributed by atoms with Gasteiger partial charge < -0.3 is 10.1 Å². The van der Waals surface area contributed by atoms with Crippen molar-refractivity contribution in [1.29, 1.82) is 0 Å². The van der Waals surface area contributed by atoms with Crippen LogP contribution in [0.3, 0.4) is 0 Å². The van der Waals surface area contributed by atoms with Crippen LogP contribution in [0.25, 0.3) is 0 Å². The summed E-state index contributed by atoms with van der Waals surface area (Å²) in [7, 11) is 0. The summed E-state index contributed by atoms with van der Waals surface area (Å²) in [5.41, 5.74) is 1.58. The molecule has 22 heavy (non-hydrogen) atoms. The van der Waals surface area contributed by atoms with Gasteiger partial charge >= 0.3 is 0 Å². The molecule has 1 N–H and O–H groups in total. The van der Waals surface area contributed by atoms with Gasteiger partial charge in [-0.2, -0.15) is 0 Å². The Labute approximate surface area is 149 Å². The van der Waals surface area contributed by atoms with Crippen LogP contribution in [0.15, 0.2) is 22.7 Å². The molecule has 0 amide bonds. The number of hydrogen-bond acceptors (Lipinski definition) is 2. The Morgan fingerprint density at radius 3 is 2.55 bits per heavy atom. The summed E-state index contributed by atoms with van der Waals surface area (Å²) < 4.78 is 7.05. The minimum atomic E-state index is 0. The lowest BCUT2D eigenvalue weighted by Gasteiger charge is -2.24. The molecule has 1 aromatic rings. The van der Waals surface area contributed by atoms with Gasteiger partial charge in [-0.25, -0.2) is 0 Å². The summed E-state index contributed by atoms with van der Waals surface area (Å²) in [6.07, 6.45) is 4.87. The largest absolute Gasteiger partial charge is 0.492 e. The number of ether oxygens (including phenoxy) is 1. The lowest BCUT2D eigenvalue weighted by Crippen LogP contribution is -2.28. The van der Waals surface area contributed by atoms with Gasteiger partial charge in [-0.05, 0) is 83.7 Å². The van der Waals surface area contributed by atoms with Crippen molar-refractivity contribution in [3.63, 3.8) is 0 Å². The second-order valence-electron chi connectivity index (χ2n) is 6.71. The van der Waals surface area contributed by atoms with Crippen molar-refractivity contribution in [3.8, 4) is 5.75 Å². The predicted molar refractivity (Wildman–Crippen MR) is 100 cm³/mol. The van der Waals surface area contributed by atoms with Crippen LogP contribution in [0.4, 0.5) is 0 Å². The van der Waals surface area contributed by atoms with E-state index in [1.807, 2.05) is 0 Å². The van der Waals surface area contributed by atoms with Crippen LogP contribution in [0.1, 0.15) is 52.0 Å². The third-order valence-electron chi connectivity index (χ3n) is 4.84. The molecule has 0 aromatic heterocycles. The first-order valence-corrected chi connectivity index (χ1v) is 8.96. The zero-order valence-corrected chi connectivity index (χ0v) is 16.4. The Bertz CT molecular complexity index is 458. The average molecular weight is 391 g/mol. The fraction of sp³-hybridized carbons (Fsp3) is 0.667. The molecule has 1 heterocycles. The molecule has 126 valence electrons. The van der Waals surface area contributed by atoms with Gasteiger partial charge in [0.1, 0.15) is 5.75 Å². The number of hydrogen-bond donors (Lipinski definition) is 1. The Balaban J connectivity index is 0.00000242. The molecule has 1 aliphatic rings. The molecule has 0 atom stereocenters. The van der Waals surface area contributed by atoms with Crippen LogP contribution in [0.2, 0.25) is 0 Å². The van der Waals surface area contributed by atoms with E-state index in [1.54, 1.807) is 0 Å². The zero-order chi connectivity index (χ0) is 15.3. The number of rotatable bonds is 6. The molecule has 0 radical (unpaired) electrons. The smallest absolute Gasteiger partial charge is 0.133 e. The van der Waals surface area contributed by atoms with Gasteiger partial charge in [-0.1, -0.05) is 26.8 Å².